The molecule has 0 radical (unpaired) electrons. The highest BCUT2D eigenvalue weighted by molar-refractivity contribution is 6.05. The SMILES string of the molecule is CCOC(=O)c1cnc2nc(C)ccc2c1Nc1cccc(C)c1C. The van der Waals surface area contributed by atoms with Gasteiger partial charge in [-0.2, -0.15) is 0 Å². The number of nitrogens with one attached hydrogen (secondary N) is 1. The van der Waals surface area contributed by atoms with E-state index in [1.165, 1.54) is 11.8 Å². The van der Waals surface area contributed by atoms with Crippen LogP contribution < -0.4 is 5.32 Å². The number of fused-ring (bicyclic) bond motifs is 1. The fourth-order valence-electron chi connectivity index (χ4n) is 2.69. The maximum absolute atomic E-state index is 12.4. The lowest BCUT2D eigenvalue weighted by Crippen LogP contribution is -2.10. The van der Waals surface area contributed by atoms with Gasteiger partial charge in [-0.25, -0.2) is 14.8 Å². The van der Waals surface area contributed by atoms with Crippen molar-refractivity contribution in [2.24, 2.45) is 0 Å². The molecule has 128 valence electrons. The Morgan fingerprint density at radius 1 is 1.16 bits per heavy atom. The van der Waals surface area contributed by atoms with Crippen molar-refractivity contribution in [1.82, 2.24) is 9.97 Å². The van der Waals surface area contributed by atoms with Crippen LogP contribution in [0.5, 0.6) is 0 Å². The molecule has 0 fully saturated rings. The van der Waals surface area contributed by atoms with Crippen LogP contribution in [0.25, 0.3) is 11.0 Å². The molecule has 0 aliphatic rings. The summed E-state index contributed by atoms with van der Waals surface area (Å²) in [7, 11) is 0. The summed E-state index contributed by atoms with van der Waals surface area (Å²) in [5.74, 6) is -0.398. The zero-order valence-corrected chi connectivity index (χ0v) is 14.9. The van der Waals surface area contributed by atoms with Crippen LogP contribution in [0.1, 0.15) is 34.1 Å². The molecular weight excluding hydrogens is 314 g/mol. The molecule has 3 rings (SSSR count). The number of nitrogens with zero attached hydrogens (tertiary/aromatic N) is 2. The summed E-state index contributed by atoms with van der Waals surface area (Å²) in [4.78, 5) is 21.2. The number of anilines is 2. The van der Waals surface area contributed by atoms with Crippen LogP contribution in [0.4, 0.5) is 11.4 Å². The molecule has 2 aromatic heterocycles. The quantitative estimate of drug-likeness (QED) is 0.712. The average molecular weight is 335 g/mol. The molecule has 0 saturated carbocycles. The van der Waals surface area contributed by atoms with Crippen molar-refractivity contribution < 1.29 is 9.53 Å². The summed E-state index contributed by atoms with van der Waals surface area (Å²) in [5, 5.41) is 4.19. The number of esters is 1. The molecule has 3 aromatic rings. The van der Waals surface area contributed by atoms with Crippen molar-refractivity contribution in [1.29, 1.82) is 0 Å². The van der Waals surface area contributed by atoms with Gasteiger partial charge in [-0.05, 0) is 57.0 Å². The molecule has 1 aromatic carbocycles. The van der Waals surface area contributed by atoms with E-state index < -0.39 is 5.97 Å². The summed E-state index contributed by atoms with van der Waals surface area (Å²) in [5.41, 5.74) is 5.80. The van der Waals surface area contributed by atoms with Crippen LogP contribution >= 0.6 is 0 Å². The van der Waals surface area contributed by atoms with E-state index >= 15 is 0 Å². The second-order valence-electron chi connectivity index (χ2n) is 5.96. The van der Waals surface area contributed by atoms with Crippen LogP contribution in [0.3, 0.4) is 0 Å². The second kappa shape index (κ2) is 6.89. The number of carbonyl (C=O) groups excluding carboxylic acids is 1. The maximum atomic E-state index is 12.4. The van der Waals surface area contributed by atoms with Crippen molar-refractivity contribution in [3.63, 3.8) is 0 Å². The fraction of sp³-hybridized carbons (Fsp3) is 0.250. The van der Waals surface area contributed by atoms with Crippen molar-refractivity contribution in [3.05, 3.63) is 58.9 Å². The van der Waals surface area contributed by atoms with Crippen molar-refractivity contribution in [2.45, 2.75) is 27.7 Å². The minimum Gasteiger partial charge on any atom is -0.462 e. The number of ether oxygens (including phenoxy) is 1. The lowest BCUT2D eigenvalue weighted by Gasteiger charge is -2.16. The fourth-order valence-corrected chi connectivity index (χ4v) is 2.69. The van der Waals surface area contributed by atoms with E-state index in [4.69, 9.17) is 4.74 Å². The zero-order chi connectivity index (χ0) is 18.0. The summed E-state index contributed by atoms with van der Waals surface area (Å²) in [6.07, 6.45) is 1.53. The number of rotatable bonds is 4. The minimum absolute atomic E-state index is 0.311. The number of aryl methyl sites for hydroxylation is 2. The highest BCUT2D eigenvalue weighted by atomic mass is 16.5. The van der Waals surface area contributed by atoms with E-state index in [1.54, 1.807) is 6.92 Å². The monoisotopic (exact) mass is 335 g/mol. The van der Waals surface area contributed by atoms with E-state index in [0.717, 1.165) is 22.3 Å². The molecule has 0 spiro atoms. The molecule has 0 saturated heterocycles. The predicted molar refractivity (Wildman–Crippen MR) is 99.4 cm³/mol. The molecule has 5 nitrogen and oxygen atoms in total. The van der Waals surface area contributed by atoms with Gasteiger partial charge < -0.3 is 10.1 Å². The Labute approximate surface area is 147 Å². The molecule has 0 aliphatic carbocycles. The van der Waals surface area contributed by atoms with Gasteiger partial charge in [0.05, 0.1) is 12.3 Å². The number of carbonyl (C=O) groups is 1. The van der Waals surface area contributed by atoms with Gasteiger partial charge >= 0.3 is 5.97 Å². The average Bonchev–Trinajstić information content (AvgIpc) is 2.59. The predicted octanol–water partition coefficient (Wildman–Crippen LogP) is 4.48. The third-order valence-corrected chi connectivity index (χ3v) is 4.23. The van der Waals surface area contributed by atoms with Crippen LogP contribution in [0, 0.1) is 20.8 Å². The van der Waals surface area contributed by atoms with Gasteiger partial charge in [0.2, 0.25) is 0 Å². The Morgan fingerprint density at radius 2 is 1.96 bits per heavy atom. The summed E-state index contributed by atoms with van der Waals surface area (Å²) in [6.45, 7) is 8.12. The highest BCUT2D eigenvalue weighted by Gasteiger charge is 2.18. The second-order valence-corrected chi connectivity index (χ2v) is 5.96. The zero-order valence-electron chi connectivity index (χ0n) is 14.9. The van der Waals surface area contributed by atoms with Crippen LogP contribution in [-0.4, -0.2) is 22.5 Å². The molecule has 2 heterocycles. The number of hydrogen-bond donors (Lipinski definition) is 1. The Hall–Kier alpha value is -2.95. The number of hydrogen-bond acceptors (Lipinski definition) is 5. The normalized spacial score (nSPS) is 10.7. The molecule has 5 heteroatoms. The Morgan fingerprint density at radius 3 is 2.72 bits per heavy atom. The van der Waals surface area contributed by atoms with E-state index in [1.807, 2.05) is 38.1 Å². The lowest BCUT2D eigenvalue weighted by atomic mass is 10.1. The smallest absolute Gasteiger partial charge is 0.341 e. The lowest BCUT2D eigenvalue weighted by molar-refractivity contribution is 0.0527. The summed E-state index contributed by atoms with van der Waals surface area (Å²) >= 11 is 0. The third-order valence-electron chi connectivity index (χ3n) is 4.23. The largest absolute Gasteiger partial charge is 0.462 e. The van der Waals surface area contributed by atoms with Crippen molar-refractivity contribution in [3.8, 4) is 0 Å². The number of aromatic nitrogens is 2. The van der Waals surface area contributed by atoms with E-state index in [0.29, 0.717) is 23.5 Å². The first kappa shape index (κ1) is 16.9. The Balaban J connectivity index is 2.20. The molecule has 0 unspecified atom stereocenters. The van der Waals surface area contributed by atoms with Crippen molar-refractivity contribution in [2.75, 3.05) is 11.9 Å². The minimum atomic E-state index is -0.398. The molecule has 0 atom stereocenters. The standard InChI is InChI=1S/C20H21N3O2/c1-5-25-20(24)16-11-21-19-15(10-9-13(3)22-19)18(16)23-17-8-6-7-12(2)14(17)4/h6-11H,5H2,1-4H3,(H,21,22,23). The first-order valence-corrected chi connectivity index (χ1v) is 8.28. The topological polar surface area (TPSA) is 64.1 Å². The summed E-state index contributed by atoms with van der Waals surface area (Å²) in [6, 6.07) is 9.88. The molecule has 1 N–H and O–H groups in total. The highest BCUT2D eigenvalue weighted by Crippen LogP contribution is 2.31. The van der Waals surface area contributed by atoms with Gasteiger partial charge in [-0.15, -0.1) is 0 Å². The van der Waals surface area contributed by atoms with Crippen LogP contribution in [0.2, 0.25) is 0 Å². The van der Waals surface area contributed by atoms with Gasteiger partial charge in [0.1, 0.15) is 5.56 Å². The summed E-state index contributed by atoms with van der Waals surface area (Å²) < 4.78 is 5.19. The van der Waals surface area contributed by atoms with E-state index in [2.05, 4.69) is 28.3 Å². The maximum Gasteiger partial charge on any atom is 0.341 e. The van der Waals surface area contributed by atoms with Gasteiger partial charge in [0.15, 0.2) is 5.65 Å². The molecule has 0 bridgehead atoms. The third kappa shape index (κ3) is 3.31. The molecule has 25 heavy (non-hydrogen) atoms. The number of benzene rings is 1. The molecular formula is C20H21N3O2. The van der Waals surface area contributed by atoms with Crippen LogP contribution in [0.15, 0.2) is 36.5 Å². The van der Waals surface area contributed by atoms with Gasteiger partial charge in [0, 0.05) is 23.0 Å². The van der Waals surface area contributed by atoms with Gasteiger partial charge in [-0.1, -0.05) is 12.1 Å². The van der Waals surface area contributed by atoms with Gasteiger partial charge in [0.25, 0.3) is 0 Å². The van der Waals surface area contributed by atoms with Crippen LogP contribution in [-0.2, 0) is 4.74 Å². The Kier molecular flexibility index (Phi) is 4.65. The van der Waals surface area contributed by atoms with Gasteiger partial charge in [-0.3, -0.25) is 0 Å². The van der Waals surface area contributed by atoms with E-state index in [-0.39, 0.29) is 0 Å². The molecule has 0 aliphatic heterocycles. The first-order chi connectivity index (χ1) is 12.0. The first-order valence-electron chi connectivity index (χ1n) is 8.28. The number of pyridine rings is 2. The molecule has 0 amide bonds. The van der Waals surface area contributed by atoms with Crippen molar-refractivity contribution >= 4 is 28.4 Å². The van der Waals surface area contributed by atoms with E-state index in [9.17, 15) is 4.79 Å². The Bertz CT molecular complexity index is 951.